The number of nitriles is 1. The van der Waals surface area contributed by atoms with Gasteiger partial charge in [-0.05, 0) is 49.2 Å². The summed E-state index contributed by atoms with van der Waals surface area (Å²) in [6, 6.07) is 7.67. The molecule has 0 aliphatic carbocycles. The van der Waals surface area contributed by atoms with Crippen molar-refractivity contribution in [1.29, 1.82) is 5.26 Å². The number of carbonyl (C=O) groups is 2. The molecule has 0 aromatic heterocycles. The molecular weight excluding hydrogens is 460 g/mol. The fourth-order valence-corrected chi connectivity index (χ4v) is 3.32. The molecule has 2 rings (SSSR count). The average Bonchev–Trinajstić information content (AvgIpc) is 3.05. The van der Waals surface area contributed by atoms with E-state index in [4.69, 9.17) is 10.00 Å². The minimum Gasteiger partial charge on any atom is -0.493 e. The van der Waals surface area contributed by atoms with Crippen molar-refractivity contribution >= 4 is 51.0 Å². The molecule has 10 heteroatoms. The first-order valence-electron chi connectivity index (χ1n) is 8.72. The minimum absolute atomic E-state index is 0.189. The van der Waals surface area contributed by atoms with Crippen LogP contribution in [0.25, 0.3) is 0 Å². The first-order valence-corrected chi connectivity index (χ1v) is 10.3. The highest BCUT2D eigenvalue weighted by atomic mass is 79.9. The molecule has 0 saturated carbocycles. The minimum atomic E-state index is -0.615. The summed E-state index contributed by atoms with van der Waals surface area (Å²) in [6.07, 6.45) is 5.83. The van der Waals surface area contributed by atoms with Gasteiger partial charge in [0.2, 0.25) is 0 Å². The molecular formula is C19H19BrN4O4S. The van der Waals surface area contributed by atoms with Crippen molar-refractivity contribution < 1.29 is 19.1 Å². The Kier molecular flexibility index (Phi) is 9.40. The van der Waals surface area contributed by atoms with Gasteiger partial charge in [-0.25, -0.2) is 4.79 Å². The number of rotatable bonds is 9. The quantitative estimate of drug-likeness (QED) is 0.191. The van der Waals surface area contributed by atoms with Gasteiger partial charge in [-0.1, -0.05) is 15.9 Å². The summed E-state index contributed by atoms with van der Waals surface area (Å²) in [6.45, 7) is 0.538. The number of ether oxygens (including phenoxy) is 2. The number of hydrogen-bond acceptors (Lipinski definition) is 8. The van der Waals surface area contributed by atoms with Crippen LogP contribution in [0.4, 0.5) is 0 Å². The molecule has 1 aliphatic heterocycles. The number of carbonyl (C=O) groups excluding carboxylic acids is 2. The highest BCUT2D eigenvalue weighted by molar-refractivity contribution is 9.10. The fraction of sp³-hybridized carbons (Fsp3) is 0.316. The number of methoxy groups -OCH3 is 1. The molecule has 0 atom stereocenters. The van der Waals surface area contributed by atoms with Gasteiger partial charge in [-0.15, -0.1) is 5.10 Å². The summed E-state index contributed by atoms with van der Waals surface area (Å²) in [7, 11) is 1.24. The maximum Gasteiger partial charge on any atom is 0.331 e. The van der Waals surface area contributed by atoms with E-state index in [0.717, 1.165) is 47.1 Å². The highest BCUT2D eigenvalue weighted by Crippen LogP contribution is 2.24. The Balaban J connectivity index is 1.99. The van der Waals surface area contributed by atoms with Crippen LogP contribution in [0.15, 0.2) is 43.9 Å². The number of amidine groups is 1. The molecule has 0 unspecified atom stereocenters. The normalized spacial score (nSPS) is 16.2. The topological polar surface area (TPSA) is 113 Å². The van der Waals surface area contributed by atoms with Crippen LogP contribution >= 0.6 is 27.7 Å². The molecule has 0 spiro atoms. The van der Waals surface area contributed by atoms with Gasteiger partial charge in [0.1, 0.15) is 5.75 Å². The van der Waals surface area contributed by atoms with Crippen LogP contribution in [0.5, 0.6) is 5.75 Å². The fourth-order valence-electron chi connectivity index (χ4n) is 2.20. The molecule has 1 aliphatic rings. The number of unbranched alkanes of at least 4 members (excludes halogenated alkanes) is 3. The zero-order valence-corrected chi connectivity index (χ0v) is 18.1. The third-order valence-corrected chi connectivity index (χ3v) is 5.00. The Morgan fingerprint density at radius 2 is 2.21 bits per heavy atom. The molecule has 1 N–H and O–H groups in total. The van der Waals surface area contributed by atoms with Gasteiger partial charge in [-0.2, -0.15) is 10.4 Å². The van der Waals surface area contributed by atoms with Crippen LogP contribution < -0.4 is 10.1 Å². The van der Waals surface area contributed by atoms with Gasteiger partial charge in [0.05, 0.1) is 30.9 Å². The number of nitrogens with zero attached hydrogens (tertiary/aromatic N) is 3. The van der Waals surface area contributed by atoms with Crippen LogP contribution in [0.2, 0.25) is 0 Å². The molecule has 152 valence electrons. The molecule has 1 fully saturated rings. The van der Waals surface area contributed by atoms with E-state index in [2.05, 4.69) is 42.3 Å². The molecule has 1 heterocycles. The largest absolute Gasteiger partial charge is 0.493 e. The molecule has 29 heavy (non-hydrogen) atoms. The summed E-state index contributed by atoms with van der Waals surface area (Å²) in [5, 5.41) is 19.3. The molecule has 8 nitrogen and oxygen atoms in total. The van der Waals surface area contributed by atoms with Gasteiger partial charge < -0.3 is 9.47 Å². The first kappa shape index (κ1) is 22.6. The van der Waals surface area contributed by atoms with Gasteiger partial charge >= 0.3 is 5.97 Å². The van der Waals surface area contributed by atoms with Crippen molar-refractivity contribution in [3.63, 3.8) is 0 Å². The number of amides is 1. The molecule has 1 aromatic rings. The second-order valence-corrected chi connectivity index (χ2v) is 7.68. The Bertz CT molecular complexity index is 893. The molecule has 0 bridgehead atoms. The van der Waals surface area contributed by atoms with Gasteiger partial charge in [0.25, 0.3) is 5.91 Å². The number of nitrogens with one attached hydrogen (secondary N) is 1. The lowest BCUT2D eigenvalue weighted by atomic mass is 10.2. The van der Waals surface area contributed by atoms with Crippen LogP contribution in [0, 0.1) is 11.3 Å². The predicted molar refractivity (Wildman–Crippen MR) is 115 cm³/mol. The van der Waals surface area contributed by atoms with Crippen molar-refractivity contribution in [1.82, 2.24) is 5.32 Å². The second kappa shape index (κ2) is 12.0. The number of esters is 1. The van der Waals surface area contributed by atoms with E-state index in [1.54, 1.807) is 0 Å². The summed E-state index contributed by atoms with van der Waals surface area (Å²) < 4.78 is 11.2. The van der Waals surface area contributed by atoms with Crippen molar-refractivity contribution in [3.05, 3.63) is 39.2 Å². The van der Waals surface area contributed by atoms with Crippen LogP contribution in [0.3, 0.4) is 0 Å². The summed E-state index contributed by atoms with van der Waals surface area (Å²) in [5.74, 6) is -0.389. The van der Waals surface area contributed by atoms with E-state index >= 15 is 0 Å². The van der Waals surface area contributed by atoms with Crippen molar-refractivity contribution in [2.75, 3.05) is 13.7 Å². The third kappa shape index (κ3) is 7.71. The Hall–Kier alpha value is -2.64. The Labute approximate surface area is 181 Å². The van der Waals surface area contributed by atoms with E-state index in [0.29, 0.717) is 18.8 Å². The van der Waals surface area contributed by atoms with E-state index < -0.39 is 11.9 Å². The first-order chi connectivity index (χ1) is 14.0. The molecule has 1 saturated heterocycles. The number of benzene rings is 1. The third-order valence-electron chi connectivity index (χ3n) is 3.61. The van der Waals surface area contributed by atoms with Crippen molar-refractivity contribution in [2.24, 2.45) is 10.2 Å². The second-order valence-electron chi connectivity index (χ2n) is 5.74. The Morgan fingerprint density at radius 1 is 1.38 bits per heavy atom. The standard InChI is InChI=1S/C19H19BrN4O4S/c1-27-17(25)11-16-18(26)23-19(29-16)24-22-12-13-10-14(20)6-7-15(13)28-9-5-3-2-4-8-21/h6-7,10-12H,2-5,9H2,1H3,(H,23,24,26)/b16-11+,22-12?. The zero-order chi connectivity index (χ0) is 21.1. The maximum absolute atomic E-state index is 11.8. The molecule has 1 aromatic carbocycles. The lowest BCUT2D eigenvalue weighted by Crippen LogP contribution is -2.19. The number of halogens is 1. The van der Waals surface area contributed by atoms with Crippen LogP contribution in [-0.2, 0) is 14.3 Å². The van der Waals surface area contributed by atoms with Crippen molar-refractivity contribution in [3.8, 4) is 11.8 Å². The number of thioether (sulfide) groups is 1. The highest BCUT2D eigenvalue weighted by Gasteiger charge is 2.25. The SMILES string of the molecule is COC(=O)/C=C1/S/C(=N\N=Cc2cc(Br)ccc2OCCCCCC#N)NC1=O. The predicted octanol–water partition coefficient (Wildman–Crippen LogP) is 3.52. The maximum atomic E-state index is 11.8. The smallest absolute Gasteiger partial charge is 0.331 e. The summed E-state index contributed by atoms with van der Waals surface area (Å²) in [5.41, 5.74) is 0.723. The van der Waals surface area contributed by atoms with E-state index in [9.17, 15) is 9.59 Å². The van der Waals surface area contributed by atoms with Crippen LogP contribution in [0.1, 0.15) is 31.2 Å². The monoisotopic (exact) mass is 478 g/mol. The van der Waals surface area contributed by atoms with Gasteiger partial charge in [0.15, 0.2) is 5.17 Å². The van der Waals surface area contributed by atoms with E-state index in [-0.39, 0.29) is 10.1 Å². The lowest BCUT2D eigenvalue weighted by molar-refractivity contribution is -0.135. The van der Waals surface area contributed by atoms with Gasteiger partial charge in [-0.3, -0.25) is 10.1 Å². The zero-order valence-electron chi connectivity index (χ0n) is 15.7. The van der Waals surface area contributed by atoms with E-state index in [1.807, 2.05) is 18.2 Å². The Morgan fingerprint density at radius 3 is 2.97 bits per heavy atom. The van der Waals surface area contributed by atoms with Gasteiger partial charge in [0, 0.05) is 22.5 Å². The average molecular weight is 479 g/mol. The van der Waals surface area contributed by atoms with Crippen LogP contribution in [-0.4, -0.2) is 37.0 Å². The number of hydrogen-bond donors (Lipinski definition) is 1. The molecule has 1 amide bonds. The van der Waals surface area contributed by atoms with Crippen molar-refractivity contribution in [2.45, 2.75) is 25.7 Å². The summed E-state index contributed by atoms with van der Waals surface area (Å²) >= 11 is 4.41. The summed E-state index contributed by atoms with van der Waals surface area (Å²) in [4.78, 5) is 23.2. The lowest BCUT2D eigenvalue weighted by Gasteiger charge is -2.09. The molecule has 0 radical (unpaired) electrons. The van der Waals surface area contributed by atoms with E-state index in [1.165, 1.54) is 13.3 Å².